The number of aromatic nitrogens is 2. The summed E-state index contributed by atoms with van der Waals surface area (Å²) in [7, 11) is 1.58. The Morgan fingerprint density at radius 2 is 2.10 bits per heavy atom. The van der Waals surface area contributed by atoms with Gasteiger partial charge in [-0.1, -0.05) is 6.92 Å². The molecular formula is C19H21F3N6O2. The second-order valence-electron chi connectivity index (χ2n) is 6.77. The maximum absolute atomic E-state index is 13.3. The van der Waals surface area contributed by atoms with E-state index in [4.69, 9.17) is 0 Å². The molecule has 2 amide bonds. The van der Waals surface area contributed by atoms with Crippen molar-refractivity contribution in [3.8, 4) is 0 Å². The van der Waals surface area contributed by atoms with Gasteiger partial charge in [0.15, 0.2) is 0 Å². The summed E-state index contributed by atoms with van der Waals surface area (Å²) in [6.07, 6.45) is -3.38. The van der Waals surface area contributed by atoms with Gasteiger partial charge in [0.05, 0.1) is 6.42 Å². The van der Waals surface area contributed by atoms with E-state index in [9.17, 15) is 22.8 Å². The molecule has 1 aromatic heterocycles. The molecule has 8 nitrogen and oxygen atoms in total. The van der Waals surface area contributed by atoms with E-state index in [1.807, 2.05) is 0 Å². The number of hydrogen-bond donors (Lipinski definition) is 3. The van der Waals surface area contributed by atoms with Crippen LogP contribution in [0.2, 0.25) is 0 Å². The summed E-state index contributed by atoms with van der Waals surface area (Å²) in [5.74, 6) is -0.635. The standard InChI is InChI=1S/C19H21F3N6O2/c1-3-16(30)28(2)7-6-23-17-13(19(20,21)22)10-24-18(27-17)25-12-4-5-14-11(8-12)9-15(29)26-14/h4-5,8,10H,3,6-7,9H2,1-2H3,(H,26,29)(H2,23,24,25,27). The summed E-state index contributed by atoms with van der Waals surface area (Å²) in [4.78, 5) is 32.2. The molecule has 3 rings (SSSR count). The number of anilines is 4. The van der Waals surface area contributed by atoms with Crippen LogP contribution in [0, 0.1) is 0 Å². The maximum atomic E-state index is 13.3. The van der Waals surface area contributed by atoms with E-state index in [1.54, 1.807) is 32.2 Å². The van der Waals surface area contributed by atoms with Gasteiger partial charge in [0.2, 0.25) is 17.8 Å². The molecule has 2 aromatic rings. The second-order valence-corrected chi connectivity index (χ2v) is 6.77. The molecule has 1 aromatic carbocycles. The zero-order valence-corrected chi connectivity index (χ0v) is 16.4. The van der Waals surface area contributed by atoms with Crippen LogP contribution in [-0.4, -0.2) is 46.8 Å². The molecule has 0 saturated heterocycles. The van der Waals surface area contributed by atoms with Gasteiger partial charge in [-0.05, 0) is 23.8 Å². The molecule has 0 fully saturated rings. The number of amides is 2. The molecular weight excluding hydrogens is 401 g/mol. The number of hydrogen-bond acceptors (Lipinski definition) is 6. The molecule has 1 aliphatic heterocycles. The number of carbonyl (C=O) groups excluding carboxylic acids is 2. The highest BCUT2D eigenvalue weighted by atomic mass is 19.4. The fourth-order valence-corrected chi connectivity index (χ4v) is 2.96. The van der Waals surface area contributed by atoms with Gasteiger partial charge in [0, 0.05) is 44.1 Å². The Hall–Kier alpha value is -3.37. The van der Waals surface area contributed by atoms with Gasteiger partial charge in [0.1, 0.15) is 11.4 Å². The molecule has 0 bridgehead atoms. The Morgan fingerprint density at radius 1 is 1.33 bits per heavy atom. The van der Waals surface area contributed by atoms with Gasteiger partial charge in [-0.25, -0.2) is 4.98 Å². The third-order valence-electron chi connectivity index (χ3n) is 4.55. The van der Waals surface area contributed by atoms with Crippen LogP contribution in [0.3, 0.4) is 0 Å². The Morgan fingerprint density at radius 3 is 2.80 bits per heavy atom. The number of carbonyl (C=O) groups is 2. The van der Waals surface area contributed by atoms with Gasteiger partial charge in [-0.15, -0.1) is 0 Å². The lowest BCUT2D eigenvalue weighted by molar-refractivity contribution is -0.137. The predicted molar refractivity (Wildman–Crippen MR) is 106 cm³/mol. The van der Waals surface area contributed by atoms with E-state index in [-0.39, 0.29) is 43.1 Å². The zero-order valence-electron chi connectivity index (χ0n) is 16.4. The lowest BCUT2D eigenvalue weighted by Crippen LogP contribution is -2.31. The topological polar surface area (TPSA) is 99.3 Å². The van der Waals surface area contributed by atoms with Crippen molar-refractivity contribution in [3.05, 3.63) is 35.5 Å². The summed E-state index contributed by atoms with van der Waals surface area (Å²) < 4.78 is 40.0. The molecule has 0 saturated carbocycles. The third-order valence-corrected chi connectivity index (χ3v) is 4.55. The lowest BCUT2D eigenvalue weighted by atomic mass is 10.1. The van der Waals surface area contributed by atoms with Crippen LogP contribution in [0.25, 0.3) is 0 Å². The molecule has 0 atom stereocenters. The number of benzene rings is 1. The van der Waals surface area contributed by atoms with Crippen molar-refractivity contribution in [1.82, 2.24) is 14.9 Å². The number of rotatable bonds is 7. The third kappa shape index (κ3) is 4.97. The van der Waals surface area contributed by atoms with Crippen LogP contribution in [-0.2, 0) is 22.2 Å². The molecule has 30 heavy (non-hydrogen) atoms. The van der Waals surface area contributed by atoms with Gasteiger partial charge < -0.3 is 20.9 Å². The van der Waals surface area contributed by atoms with Crippen molar-refractivity contribution in [2.24, 2.45) is 0 Å². The second kappa shape index (κ2) is 8.56. The lowest BCUT2D eigenvalue weighted by Gasteiger charge is -2.18. The van der Waals surface area contributed by atoms with Gasteiger partial charge in [0.25, 0.3) is 0 Å². The quantitative estimate of drug-likeness (QED) is 0.635. The highest BCUT2D eigenvalue weighted by Gasteiger charge is 2.35. The molecule has 1 aliphatic rings. The van der Waals surface area contributed by atoms with Crippen molar-refractivity contribution in [2.45, 2.75) is 25.9 Å². The Kier molecular flexibility index (Phi) is 6.09. The molecule has 0 spiro atoms. The number of fused-ring (bicyclic) bond motifs is 1. The first-order valence-electron chi connectivity index (χ1n) is 9.29. The minimum absolute atomic E-state index is 0.0271. The number of likely N-dealkylation sites (N-methyl/N-ethyl adjacent to an activating group) is 1. The SMILES string of the molecule is CCC(=O)N(C)CCNc1nc(Nc2ccc3c(c2)CC(=O)N3)ncc1C(F)(F)F. The van der Waals surface area contributed by atoms with E-state index >= 15 is 0 Å². The molecule has 3 N–H and O–H groups in total. The molecule has 0 unspecified atom stereocenters. The Balaban J connectivity index is 1.76. The number of nitrogens with one attached hydrogen (secondary N) is 3. The van der Waals surface area contributed by atoms with Crippen molar-refractivity contribution >= 4 is 35.0 Å². The van der Waals surface area contributed by atoms with Crippen LogP contribution in [0.5, 0.6) is 0 Å². The van der Waals surface area contributed by atoms with Crippen molar-refractivity contribution in [1.29, 1.82) is 0 Å². The summed E-state index contributed by atoms with van der Waals surface area (Å²) in [6, 6.07) is 5.09. The fraction of sp³-hybridized carbons (Fsp3) is 0.368. The first-order valence-corrected chi connectivity index (χ1v) is 9.29. The average molecular weight is 422 g/mol. The van der Waals surface area contributed by atoms with Gasteiger partial charge in [-0.2, -0.15) is 18.2 Å². The minimum atomic E-state index is -4.63. The van der Waals surface area contributed by atoms with E-state index in [0.29, 0.717) is 24.0 Å². The first-order chi connectivity index (χ1) is 14.2. The van der Waals surface area contributed by atoms with E-state index in [0.717, 1.165) is 5.56 Å². The Labute approximate surface area is 170 Å². The summed E-state index contributed by atoms with van der Waals surface area (Å²) >= 11 is 0. The van der Waals surface area contributed by atoms with Crippen molar-refractivity contribution in [3.63, 3.8) is 0 Å². The van der Waals surface area contributed by atoms with Crippen LogP contribution in [0.1, 0.15) is 24.5 Å². The monoisotopic (exact) mass is 422 g/mol. The highest BCUT2D eigenvalue weighted by molar-refractivity contribution is 5.99. The summed E-state index contributed by atoms with van der Waals surface area (Å²) in [5, 5.41) is 8.21. The van der Waals surface area contributed by atoms with Crippen molar-refractivity contribution < 1.29 is 22.8 Å². The van der Waals surface area contributed by atoms with Crippen LogP contribution in [0.4, 0.5) is 36.3 Å². The van der Waals surface area contributed by atoms with E-state index < -0.39 is 11.7 Å². The summed E-state index contributed by atoms with van der Waals surface area (Å²) in [6.45, 7) is 2.03. The normalized spacial score (nSPS) is 12.9. The van der Waals surface area contributed by atoms with Crippen molar-refractivity contribution in [2.75, 3.05) is 36.1 Å². The van der Waals surface area contributed by atoms with Crippen LogP contribution in [0.15, 0.2) is 24.4 Å². The van der Waals surface area contributed by atoms with Crippen LogP contribution < -0.4 is 16.0 Å². The largest absolute Gasteiger partial charge is 0.421 e. The maximum Gasteiger partial charge on any atom is 0.421 e. The summed E-state index contributed by atoms with van der Waals surface area (Å²) in [5.41, 5.74) is 1.02. The molecule has 0 aliphatic carbocycles. The molecule has 2 heterocycles. The predicted octanol–water partition coefficient (Wildman–Crippen LogP) is 3.01. The fourth-order valence-electron chi connectivity index (χ4n) is 2.96. The Bertz CT molecular complexity index is 964. The van der Waals surface area contributed by atoms with Crippen LogP contribution >= 0.6 is 0 Å². The van der Waals surface area contributed by atoms with Gasteiger partial charge >= 0.3 is 6.18 Å². The highest BCUT2D eigenvalue weighted by Crippen LogP contribution is 2.34. The number of alkyl halides is 3. The molecule has 0 radical (unpaired) electrons. The molecule has 11 heteroatoms. The molecule has 160 valence electrons. The zero-order chi connectivity index (χ0) is 21.9. The minimum Gasteiger partial charge on any atom is -0.368 e. The average Bonchev–Trinajstić information content (AvgIpc) is 3.05. The van der Waals surface area contributed by atoms with Gasteiger partial charge in [-0.3, -0.25) is 9.59 Å². The van der Waals surface area contributed by atoms with E-state index in [2.05, 4.69) is 25.9 Å². The first kappa shape index (κ1) is 21.3. The number of halogens is 3. The number of nitrogens with zero attached hydrogens (tertiary/aromatic N) is 3. The smallest absolute Gasteiger partial charge is 0.368 e. The van der Waals surface area contributed by atoms with E-state index in [1.165, 1.54) is 4.90 Å².